The summed E-state index contributed by atoms with van der Waals surface area (Å²) in [6.45, 7) is 4.34. The van der Waals surface area contributed by atoms with Crippen LogP contribution in [-0.2, 0) is 4.18 Å². The van der Waals surface area contributed by atoms with Gasteiger partial charge in [-0.1, -0.05) is 0 Å². The fourth-order valence-corrected chi connectivity index (χ4v) is 5.06. The molecular formula is C12H25IN2O2S. The molecular weight excluding hydrogens is 363 g/mol. The van der Waals surface area contributed by atoms with E-state index in [1.54, 1.807) is 0 Å². The van der Waals surface area contributed by atoms with Crippen LogP contribution in [0.25, 0.3) is 0 Å². The number of piperidine rings is 1. The first-order valence-electron chi connectivity index (χ1n) is 6.48. The van der Waals surface area contributed by atoms with Gasteiger partial charge in [0, 0.05) is 0 Å². The Bertz CT molecular complexity index is 254. The number of hydrogen-bond donors (Lipinski definition) is 1. The molecule has 4 nitrogen and oxygen atoms in total. The number of nitrogens with one attached hydrogen (secondary N) is 1. The summed E-state index contributed by atoms with van der Waals surface area (Å²) in [7, 11) is 0. The number of carbonyl (C=O) groups is 1. The fourth-order valence-electron chi connectivity index (χ4n) is 1.84. The predicted molar refractivity (Wildman–Crippen MR) is 87.4 cm³/mol. The Morgan fingerprint density at radius 3 is 3.00 bits per heavy atom. The Kier molecular flexibility index (Phi) is 8.41. The Morgan fingerprint density at radius 1 is 1.56 bits per heavy atom. The second-order valence-corrected chi connectivity index (χ2v) is 10.9. The van der Waals surface area contributed by atoms with Crippen LogP contribution in [0.2, 0.25) is 0 Å². The zero-order valence-corrected chi connectivity index (χ0v) is 14.6. The van der Waals surface area contributed by atoms with Gasteiger partial charge in [-0.2, -0.15) is 0 Å². The van der Waals surface area contributed by atoms with Crippen molar-refractivity contribution in [3.63, 3.8) is 0 Å². The summed E-state index contributed by atoms with van der Waals surface area (Å²) in [5, 5.41) is 2.98. The molecule has 1 saturated heterocycles. The molecule has 1 N–H and O–H groups in total. The molecule has 0 bridgehead atoms. The van der Waals surface area contributed by atoms with E-state index in [9.17, 15) is 4.79 Å². The van der Waals surface area contributed by atoms with E-state index in [2.05, 4.69) is 25.2 Å². The molecule has 1 fully saturated rings. The van der Waals surface area contributed by atoms with E-state index in [1.807, 2.05) is 0 Å². The molecule has 1 atom stereocenters. The summed E-state index contributed by atoms with van der Waals surface area (Å²) >= 11 is 0.371. The maximum atomic E-state index is 11.6. The van der Waals surface area contributed by atoms with Crippen LogP contribution in [-0.4, -0.2) is 44.0 Å². The van der Waals surface area contributed by atoms with Gasteiger partial charge in [-0.15, -0.1) is 0 Å². The van der Waals surface area contributed by atoms with Crippen molar-refractivity contribution in [2.24, 2.45) is 0 Å². The second kappa shape index (κ2) is 9.25. The van der Waals surface area contributed by atoms with Crippen molar-refractivity contribution >= 4 is 38.2 Å². The molecule has 6 heteroatoms. The van der Waals surface area contributed by atoms with Gasteiger partial charge in [-0.25, -0.2) is 0 Å². The SMILES string of the molecule is CCCCSOC(=O)NC1CCCN(I(C)C)C1. The van der Waals surface area contributed by atoms with E-state index in [0.717, 1.165) is 31.6 Å². The van der Waals surface area contributed by atoms with Gasteiger partial charge >= 0.3 is 123 Å². The molecule has 1 aliphatic heterocycles. The Balaban J connectivity index is 2.18. The van der Waals surface area contributed by atoms with Crippen LogP contribution in [0.3, 0.4) is 0 Å². The number of amides is 1. The molecule has 1 aliphatic rings. The predicted octanol–water partition coefficient (Wildman–Crippen LogP) is 3.31. The number of rotatable bonds is 6. The Morgan fingerprint density at radius 2 is 2.33 bits per heavy atom. The maximum absolute atomic E-state index is 11.6. The van der Waals surface area contributed by atoms with E-state index in [0.29, 0.717) is 0 Å². The van der Waals surface area contributed by atoms with Gasteiger partial charge < -0.3 is 0 Å². The minimum atomic E-state index is -0.895. The monoisotopic (exact) mass is 388 g/mol. The van der Waals surface area contributed by atoms with Gasteiger partial charge in [-0.05, 0) is 0 Å². The molecule has 1 heterocycles. The summed E-state index contributed by atoms with van der Waals surface area (Å²) in [6, 6.07) is 0.276. The van der Waals surface area contributed by atoms with Crippen LogP contribution in [0.5, 0.6) is 0 Å². The standard InChI is InChI=1S/C12H25IN2O2S/c1-4-5-9-18-17-12(16)14-11-7-6-8-15(10-11)13(2)3/h11H,4-10H2,1-3H3,(H,14,16). The average Bonchev–Trinajstić information content (AvgIpc) is 2.35. The first-order valence-corrected chi connectivity index (χ1v) is 12.7. The van der Waals surface area contributed by atoms with Crippen LogP contribution in [0.4, 0.5) is 4.79 Å². The molecule has 1 rings (SSSR count). The van der Waals surface area contributed by atoms with E-state index in [-0.39, 0.29) is 12.1 Å². The third-order valence-electron chi connectivity index (χ3n) is 2.89. The van der Waals surface area contributed by atoms with Gasteiger partial charge in [0.05, 0.1) is 0 Å². The molecule has 0 aromatic carbocycles. The summed E-state index contributed by atoms with van der Waals surface area (Å²) < 4.78 is 7.66. The van der Waals surface area contributed by atoms with E-state index in [1.165, 1.54) is 25.0 Å². The van der Waals surface area contributed by atoms with Crippen molar-refractivity contribution in [3.8, 4) is 0 Å². The number of hydrogen-bond acceptors (Lipinski definition) is 4. The van der Waals surface area contributed by atoms with Gasteiger partial charge in [0.15, 0.2) is 0 Å². The quantitative estimate of drug-likeness (QED) is 0.249. The van der Waals surface area contributed by atoms with Gasteiger partial charge in [0.2, 0.25) is 0 Å². The molecule has 1 amide bonds. The zero-order chi connectivity index (χ0) is 13.4. The Labute approximate surface area is 123 Å². The second-order valence-electron chi connectivity index (χ2n) is 4.61. The molecule has 0 spiro atoms. The van der Waals surface area contributed by atoms with Crippen molar-refractivity contribution < 1.29 is 8.98 Å². The summed E-state index contributed by atoms with van der Waals surface area (Å²) in [6.07, 6.45) is 4.22. The van der Waals surface area contributed by atoms with Crippen LogP contribution in [0, 0.1) is 0 Å². The van der Waals surface area contributed by atoms with Crippen LogP contribution in [0.15, 0.2) is 0 Å². The normalized spacial score (nSPS) is 21.5. The third-order valence-corrected chi connectivity index (χ3v) is 7.22. The molecule has 18 heavy (non-hydrogen) atoms. The minimum absolute atomic E-state index is 0.268. The number of alkyl halides is 2. The van der Waals surface area contributed by atoms with Crippen LogP contribution in [0.1, 0.15) is 32.6 Å². The van der Waals surface area contributed by atoms with E-state index < -0.39 is 20.1 Å². The molecule has 0 aromatic heterocycles. The van der Waals surface area contributed by atoms with Crippen molar-refractivity contribution in [2.75, 3.05) is 28.7 Å². The Hall–Kier alpha value is 0.310. The molecule has 0 aromatic rings. The van der Waals surface area contributed by atoms with Gasteiger partial charge in [-0.3, -0.25) is 0 Å². The van der Waals surface area contributed by atoms with Crippen molar-refractivity contribution in [3.05, 3.63) is 0 Å². The molecule has 0 aliphatic carbocycles. The molecule has 0 radical (unpaired) electrons. The number of carbonyl (C=O) groups excluding carboxylic acids is 1. The number of halogens is 1. The van der Waals surface area contributed by atoms with Crippen molar-refractivity contribution in [1.82, 2.24) is 8.43 Å². The van der Waals surface area contributed by atoms with E-state index in [4.69, 9.17) is 4.18 Å². The van der Waals surface area contributed by atoms with Crippen molar-refractivity contribution in [2.45, 2.75) is 38.6 Å². The number of unbranched alkanes of at least 4 members (excludes halogenated alkanes) is 1. The van der Waals surface area contributed by atoms with Crippen molar-refractivity contribution in [1.29, 1.82) is 0 Å². The molecule has 0 saturated carbocycles. The summed E-state index contributed by atoms with van der Waals surface area (Å²) in [5.41, 5.74) is 0. The molecule has 1 unspecified atom stereocenters. The average molecular weight is 388 g/mol. The van der Waals surface area contributed by atoms with E-state index >= 15 is 0 Å². The summed E-state index contributed by atoms with van der Waals surface area (Å²) in [4.78, 5) is 16.3. The zero-order valence-electron chi connectivity index (χ0n) is 11.6. The summed E-state index contributed by atoms with van der Waals surface area (Å²) in [5.74, 6) is 0.889. The third kappa shape index (κ3) is 6.47. The number of nitrogens with zero attached hydrogens (tertiary/aromatic N) is 1. The van der Waals surface area contributed by atoms with Crippen LogP contribution >= 0.6 is 32.1 Å². The van der Waals surface area contributed by atoms with Crippen LogP contribution < -0.4 is 5.32 Å². The topological polar surface area (TPSA) is 41.6 Å². The molecule has 108 valence electrons. The first-order chi connectivity index (χ1) is 8.63. The fraction of sp³-hybridized carbons (Fsp3) is 0.917. The van der Waals surface area contributed by atoms with Gasteiger partial charge in [0.1, 0.15) is 0 Å². The first kappa shape index (κ1) is 16.4. The van der Waals surface area contributed by atoms with Gasteiger partial charge in [0.25, 0.3) is 0 Å².